The van der Waals surface area contributed by atoms with Crippen LogP contribution in [0.15, 0.2) is 30.3 Å². The molecule has 1 aromatic heterocycles. The van der Waals surface area contributed by atoms with Gasteiger partial charge in [-0.15, -0.1) is 0 Å². The van der Waals surface area contributed by atoms with Crippen molar-refractivity contribution in [2.75, 3.05) is 5.32 Å². The Labute approximate surface area is 135 Å². The molecule has 0 radical (unpaired) electrons. The van der Waals surface area contributed by atoms with Gasteiger partial charge in [-0.05, 0) is 32.9 Å². The lowest BCUT2D eigenvalue weighted by atomic mass is 10.1. The number of benzene rings is 1. The van der Waals surface area contributed by atoms with E-state index in [2.05, 4.69) is 20.8 Å². The predicted octanol–water partition coefficient (Wildman–Crippen LogP) is 2.62. The van der Waals surface area contributed by atoms with Crippen LogP contribution in [0, 0.1) is 13.8 Å². The zero-order chi connectivity index (χ0) is 16.8. The van der Waals surface area contributed by atoms with Crippen LogP contribution in [0.4, 0.5) is 5.69 Å². The molecule has 0 bridgehead atoms. The van der Waals surface area contributed by atoms with Crippen LogP contribution in [-0.2, 0) is 9.59 Å². The van der Waals surface area contributed by atoms with Crippen LogP contribution < -0.4 is 10.6 Å². The number of rotatable bonds is 6. The molecule has 0 saturated heterocycles. The number of aryl methyl sites for hydroxylation is 2. The van der Waals surface area contributed by atoms with E-state index in [1.165, 1.54) is 0 Å². The maximum atomic E-state index is 12.0. The summed E-state index contributed by atoms with van der Waals surface area (Å²) in [5.74, 6) is -0.324. The normalized spacial score (nSPS) is 11.8. The van der Waals surface area contributed by atoms with Gasteiger partial charge in [0.2, 0.25) is 11.8 Å². The molecule has 6 heteroatoms. The Morgan fingerprint density at radius 3 is 2.39 bits per heavy atom. The Hall–Kier alpha value is -2.63. The molecule has 2 aromatic rings. The molecule has 1 aromatic carbocycles. The van der Waals surface area contributed by atoms with Gasteiger partial charge in [-0.2, -0.15) is 5.10 Å². The summed E-state index contributed by atoms with van der Waals surface area (Å²) < 4.78 is 0. The number of hydrogen-bond donors (Lipinski definition) is 3. The van der Waals surface area contributed by atoms with E-state index in [4.69, 9.17) is 0 Å². The zero-order valence-electron chi connectivity index (χ0n) is 13.6. The lowest BCUT2D eigenvalue weighted by Gasteiger charge is -2.14. The molecular formula is C17H22N4O2. The largest absolute Gasteiger partial charge is 0.349 e. The number of amides is 2. The van der Waals surface area contributed by atoms with Gasteiger partial charge in [-0.1, -0.05) is 18.2 Å². The van der Waals surface area contributed by atoms with Crippen molar-refractivity contribution in [2.45, 2.75) is 39.7 Å². The van der Waals surface area contributed by atoms with Crippen LogP contribution >= 0.6 is 0 Å². The van der Waals surface area contributed by atoms with Crippen molar-refractivity contribution in [3.8, 4) is 0 Å². The summed E-state index contributed by atoms with van der Waals surface area (Å²) in [6.07, 6.45) is 0.301. The first-order valence-corrected chi connectivity index (χ1v) is 7.63. The summed E-state index contributed by atoms with van der Waals surface area (Å²) in [5.41, 5.74) is 3.54. The third-order valence-electron chi connectivity index (χ3n) is 3.63. The van der Waals surface area contributed by atoms with E-state index in [0.717, 1.165) is 22.6 Å². The third kappa shape index (κ3) is 4.67. The van der Waals surface area contributed by atoms with E-state index in [-0.39, 0.29) is 30.7 Å². The van der Waals surface area contributed by atoms with Crippen LogP contribution in [-0.4, -0.2) is 22.0 Å². The Balaban J connectivity index is 1.80. The molecule has 23 heavy (non-hydrogen) atoms. The number of aromatic nitrogens is 2. The summed E-state index contributed by atoms with van der Waals surface area (Å²) in [6, 6.07) is 9.05. The topological polar surface area (TPSA) is 86.9 Å². The molecule has 3 N–H and O–H groups in total. The Morgan fingerprint density at radius 1 is 1.13 bits per heavy atom. The zero-order valence-corrected chi connectivity index (χ0v) is 13.6. The SMILES string of the molecule is Cc1n[nH]c(C)c1[C@@H](C)NC(=O)CCC(=O)Nc1ccccc1. The minimum Gasteiger partial charge on any atom is -0.349 e. The maximum Gasteiger partial charge on any atom is 0.224 e. The second-order valence-electron chi connectivity index (χ2n) is 5.55. The van der Waals surface area contributed by atoms with E-state index in [1.807, 2.05) is 51.1 Å². The molecule has 1 atom stereocenters. The fourth-order valence-corrected chi connectivity index (χ4v) is 2.56. The van der Waals surface area contributed by atoms with Gasteiger partial charge >= 0.3 is 0 Å². The molecule has 0 unspecified atom stereocenters. The van der Waals surface area contributed by atoms with Gasteiger partial charge < -0.3 is 10.6 Å². The second-order valence-corrected chi connectivity index (χ2v) is 5.55. The van der Waals surface area contributed by atoms with E-state index >= 15 is 0 Å². The van der Waals surface area contributed by atoms with Crippen LogP contribution in [0.5, 0.6) is 0 Å². The van der Waals surface area contributed by atoms with Crippen molar-refractivity contribution >= 4 is 17.5 Å². The molecule has 122 valence electrons. The van der Waals surface area contributed by atoms with Gasteiger partial charge in [0.25, 0.3) is 0 Å². The molecule has 1 heterocycles. The smallest absolute Gasteiger partial charge is 0.224 e. The molecule has 0 saturated carbocycles. The van der Waals surface area contributed by atoms with Crippen molar-refractivity contribution in [1.29, 1.82) is 0 Å². The molecule has 0 spiro atoms. The monoisotopic (exact) mass is 314 g/mol. The number of anilines is 1. The van der Waals surface area contributed by atoms with Gasteiger partial charge in [0.15, 0.2) is 0 Å². The van der Waals surface area contributed by atoms with Gasteiger partial charge in [-0.3, -0.25) is 14.7 Å². The highest BCUT2D eigenvalue weighted by atomic mass is 16.2. The Morgan fingerprint density at radius 2 is 1.78 bits per heavy atom. The van der Waals surface area contributed by atoms with Gasteiger partial charge in [-0.25, -0.2) is 0 Å². The summed E-state index contributed by atoms with van der Waals surface area (Å²) in [7, 11) is 0. The van der Waals surface area contributed by atoms with Crippen molar-refractivity contribution in [3.63, 3.8) is 0 Å². The van der Waals surface area contributed by atoms with Crippen molar-refractivity contribution in [2.24, 2.45) is 0 Å². The number of nitrogens with one attached hydrogen (secondary N) is 3. The highest BCUT2D eigenvalue weighted by molar-refractivity contribution is 5.93. The minimum atomic E-state index is -0.172. The minimum absolute atomic E-state index is 0.140. The third-order valence-corrected chi connectivity index (χ3v) is 3.63. The lowest BCUT2D eigenvalue weighted by Crippen LogP contribution is -2.28. The fraction of sp³-hybridized carbons (Fsp3) is 0.353. The first-order valence-electron chi connectivity index (χ1n) is 7.63. The molecular weight excluding hydrogens is 292 g/mol. The van der Waals surface area contributed by atoms with Gasteiger partial charge in [0, 0.05) is 29.8 Å². The number of H-pyrrole nitrogens is 1. The van der Waals surface area contributed by atoms with Crippen molar-refractivity contribution in [3.05, 3.63) is 47.3 Å². The second kappa shape index (κ2) is 7.58. The summed E-state index contributed by atoms with van der Waals surface area (Å²) in [6.45, 7) is 5.73. The van der Waals surface area contributed by atoms with E-state index < -0.39 is 0 Å². The van der Waals surface area contributed by atoms with Gasteiger partial charge in [0.05, 0.1) is 11.7 Å². The number of nitrogens with zero attached hydrogens (tertiary/aromatic N) is 1. The Kier molecular flexibility index (Phi) is 5.51. The average Bonchev–Trinajstić information content (AvgIpc) is 2.85. The molecule has 0 aliphatic carbocycles. The molecule has 2 amide bonds. The van der Waals surface area contributed by atoms with Gasteiger partial charge in [0.1, 0.15) is 0 Å². The number of hydrogen-bond acceptors (Lipinski definition) is 3. The Bertz CT molecular complexity index is 660. The molecule has 6 nitrogen and oxygen atoms in total. The van der Waals surface area contributed by atoms with Crippen LogP contribution in [0.25, 0.3) is 0 Å². The van der Waals surface area contributed by atoms with Crippen LogP contribution in [0.1, 0.15) is 42.8 Å². The first-order chi connectivity index (χ1) is 11.0. The molecule has 2 rings (SSSR count). The van der Waals surface area contributed by atoms with E-state index in [1.54, 1.807) is 0 Å². The summed E-state index contributed by atoms with van der Waals surface area (Å²) in [4.78, 5) is 23.8. The highest BCUT2D eigenvalue weighted by Crippen LogP contribution is 2.19. The van der Waals surface area contributed by atoms with Crippen LogP contribution in [0.3, 0.4) is 0 Å². The number of para-hydroxylation sites is 1. The summed E-state index contributed by atoms with van der Waals surface area (Å²) in [5, 5.41) is 12.7. The fourth-order valence-electron chi connectivity index (χ4n) is 2.56. The van der Waals surface area contributed by atoms with E-state index in [9.17, 15) is 9.59 Å². The highest BCUT2D eigenvalue weighted by Gasteiger charge is 2.16. The van der Waals surface area contributed by atoms with Crippen LogP contribution in [0.2, 0.25) is 0 Å². The summed E-state index contributed by atoms with van der Waals surface area (Å²) >= 11 is 0. The predicted molar refractivity (Wildman–Crippen MR) is 88.9 cm³/mol. The standard InChI is InChI=1S/C17H22N4O2/c1-11(17-12(2)20-21-13(17)3)18-15(22)9-10-16(23)19-14-7-5-4-6-8-14/h4-8,11H,9-10H2,1-3H3,(H,18,22)(H,19,23)(H,20,21)/t11-/m1/s1. The van der Waals surface area contributed by atoms with Crippen molar-refractivity contribution in [1.82, 2.24) is 15.5 Å². The number of aromatic amines is 1. The average molecular weight is 314 g/mol. The van der Waals surface area contributed by atoms with E-state index in [0.29, 0.717) is 0 Å². The molecule has 0 fully saturated rings. The lowest BCUT2D eigenvalue weighted by molar-refractivity contribution is -0.124. The molecule has 0 aliphatic rings. The quantitative estimate of drug-likeness (QED) is 0.766. The van der Waals surface area contributed by atoms with Crippen molar-refractivity contribution < 1.29 is 9.59 Å². The molecule has 0 aliphatic heterocycles. The number of carbonyl (C=O) groups is 2. The maximum absolute atomic E-state index is 12.0. The first kappa shape index (κ1) is 16.7. The number of carbonyl (C=O) groups excluding carboxylic acids is 2.